The van der Waals surface area contributed by atoms with Gasteiger partial charge in [0.25, 0.3) is 0 Å². The molecule has 2 aromatic rings. The van der Waals surface area contributed by atoms with Crippen LogP contribution in [0.15, 0.2) is 29.5 Å². The van der Waals surface area contributed by atoms with E-state index < -0.39 is 0 Å². The second-order valence-electron chi connectivity index (χ2n) is 6.74. The molecule has 0 radical (unpaired) electrons. The first-order valence-corrected chi connectivity index (χ1v) is 9.12. The fourth-order valence-electron chi connectivity index (χ4n) is 3.38. The molecule has 0 saturated heterocycles. The monoisotopic (exact) mass is 468 g/mol. The summed E-state index contributed by atoms with van der Waals surface area (Å²) >= 11 is 0. The van der Waals surface area contributed by atoms with Gasteiger partial charge in [0.05, 0.1) is 6.54 Å². The Hall–Kier alpha value is -1.64. The Labute approximate surface area is 172 Å². The Bertz CT molecular complexity index is 719. The molecule has 3 rings (SSSR count). The largest absolute Gasteiger partial charge is 0.357 e. The number of guanidine groups is 1. The number of aryl methyl sites for hydroxylation is 3. The van der Waals surface area contributed by atoms with Gasteiger partial charge in [-0.05, 0) is 39.2 Å². The van der Waals surface area contributed by atoms with E-state index in [0.717, 1.165) is 50.7 Å². The van der Waals surface area contributed by atoms with Crippen LogP contribution < -0.4 is 10.6 Å². The number of fused-ring (bicyclic) bond motifs is 1. The van der Waals surface area contributed by atoms with Crippen LogP contribution in [0.1, 0.15) is 35.9 Å². The molecule has 1 aliphatic heterocycles. The zero-order chi connectivity index (χ0) is 17.6. The van der Waals surface area contributed by atoms with E-state index >= 15 is 0 Å². The average Bonchev–Trinajstić information content (AvgIpc) is 3.02. The highest BCUT2D eigenvalue weighted by Gasteiger charge is 2.20. The summed E-state index contributed by atoms with van der Waals surface area (Å²) < 4.78 is 1.99. The second kappa shape index (κ2) is 9.89. The normalized spacial score (nSPS) is 16.6. The van der Waals surface area contributed by atoms with Gasteiger partial charge < -0.3 is 10.6 Å². The lowest BCUT2D eigenvalue weighted by molar-refractivity contribution is 0.393. The first kappa shape index (κ1) is 20.7. The van der Waals surface area contributed by atoms with Crippen molar-refractivity contribution in [1.82, 2.24) is 25.4 Å². The molecule has 0 bridgehead atoms. The Balaban J connectivity index is 0.00000243. The Kier molecular flexibility index (Phi) is 7.86. The van der Waals surface area contributed by atoms with Crippen molar-refractivity contribution in [2.45, 2.75) is 52.6 Å². The van der Waals surface area contributed by atoms with E-state index in [0.29, 0.717) is 6.04 Å². The third-order valence-electron chi connectivity index (χ3n) is 4.44. The van der Waals surface area contributed by atoms with Crippen molar-refractivity contribution < 1.29 is 0 Å². The molecule has 1 unspecified atom stereocenters. The Morgan fingerprint density at radius 3 is 2.77 bits per heavy atom. The van der Waals surface area contributed by atoms with Gasteiger partial charge >= 0.3 is 0 Å². The molecular weight excluding hydrogens is 439 g/mol. The topological polar surface area (TPSA) is 67.1 Å². The number of nitrogens with one attached hydrogen (secondary N) is 2. The molecule has 1 atom stereocenters. The summed E-state index contributed by atoms with van der Waals surface area (Å²) in [4.78, 5) is 9.04. The number of aliphatic imine (C=N–C) groups is 1. The van der Waals surface area contributed by atoms with E-state index in [4.69, 9.17) is 4.99 Å². The van der Waals surface area contributed by atoms with Crippen LogP contribution in [-0.2, 0) is 19.4 Å². The summed E-state index contributed by atoms with van der Waals surface area (Å²) in [5, 5.41) is 11.2. The zero-order valence-electron chi connectivity index (χ0n) is 15.8. The predicted molar refractivity (Wildman–Crippen MR) is 116 cm³/mol. The van der Waals surface area contributed by atoms with Gasteiger partial charge in [-0.15, -0.1) is 24.0 Å². The molecule has 1 aliphatic rings. The highest BCUT2D eigenvalue weighted by molar-refractivity contribution is 14.0. The minimum atomic E-state index is 0. The van der Waals surface area contributed by atoms with Crippen molar-refractivity contribution in [2.24, 2.45) is 4.99 Å². The maximum atomic E-state index is 4.75. The minimum Gasteiger partial charge on any atom is -0.357 e. The highest BCUT2D eigenvalue weighted by atomic mass is 127. The van der Waals surface area contributed by atoms with Crippen LogP contribution in [-0.4, -0.2) is 39.9 Å². The van der Waals surface area contributed by atoms with Gasteiger partial charge in [0.1, 0.15) is 12.2 Å². The number of benzene rings is 1. The lowest BCUT2D eigenvalue weighted by Gasteiger charge is -2.25. The van der Waals surface area contributed by atoms with Crippen molar-refractivity contribution in [2.75, 3.05) is 13.1 Å². The number of halogens is 1. The second-order valence-corrected chi connectivity index (χ2v) is 6.74. The van der Waals surface area contributed by atoms with Gasteiger partial charge in [-0.2, -0.15) is 5.10 Å². The van der Waals surface area contributed by atoms with E-state index in [2.05, 4.69) is 59.7 Å². The van der Waals surface area contributed by atoms with Crippen molar-refractivity contribution in [3.05, 3.63) is 47.0 Å². The molecule has 6 nitrogen and oxygen atoms in total. The van der Waals surface area contributed by atoms with Gasteiger partial charge in [-0.1, -0.05) is 29.3 Å². The van der Waals surface area contributed by atoms with Gasteiger partial charge in [0, 0.05) is 25.6 Å². The fourth-order valence-corrected chi connectivity index (χ4v) is 3.38. The van der Waals surface area contributed by atoms with Crippen molar-refractivity contribution in [3.63, 3.8) is 0 Å². The molecule has 142 valence electrons. The van der Waals surface area contributed by atoms with Crippen LogP contribution in [0.4, 0.5) is 0 Å². The summed E-state index contributed by atoms with van der Waals surface area (Å²) in [6.07, 6.45) is 4.61. The summed E-state index contributed by atoms with van der Waals surface area (Å²) in [6, 6.07) is 7.04. The average molecular weight is 468 g/mol. The maximum Gasteiger partial charge on any atom is 0.191 e. The van der Waals surface area contributed by atoms with Gasteiger partial charge in [-0.3, -0.25) is 4.99 Å². The van der Waals surface area contributed by atoms with Crippen molar-refractivity contribution in [3.8, 4) is 0 Å². The molecule has 0 spiro atoms. The molecule has 26 heavy (non-hydrogen) atoms. The SMILES string of the molecule is CCNC(=NCCc1cc(C)cc(C)c1)NC1CCc2ncnn2C1.I. The summed E-state index contributed by atoms with van der Waals surface area (Å²) in [5.74, 6) is 1.97. The Morgan fingerprint density at radius 1 is 1.27 bits per heavy atom. The van der Waals surface area contributed by atoms with E-state index in [1.807, 2.05) is 4.68 Å². The van der Waals surface area contributed by atoms with E-state index in [9.17, 15) is 0 Å². The fraction of sp³-hybridized carbons (Fsp3) is 0.526. The number of nitrogens with zero attached hydrogens (tertiary/aromatic N) is 4. The molecule has 2 heterocycles. The van der Waals surface area contributed by atoms with Crippen LogP contribution >= 0.6 is 24.0 Å². The summed E-state index contributed by atoms with van der Waals surface area (Å²) in [5.41, 5.74) is 3.98. The van der Waals surface area contributed by atoms with Crippen LogP contribution in [0, 0.1) is 13.8 Å². The third-order valence-corrected chi connectivity index (χ3v) is 4.44. The molecule has 1 aromatic heterocycles. The zero-order valence-corrected chi connectivity index (χ0v) is 18.2. The molecule has 1 aromatic carbocycles. The molecule has 0 saturated carbocycles. The first-order valence-electron chi connectivity index (χ1n) is 9.12. The van der Waals surface area contributed by atoms with E-state index in [-0.39, 0.29) is 24.0 Å². The van der Waals surface area contributed by atoms with Gasteiger partial charge in [0.15, 0.2) is 5.96 Å². The summed E-state index contributed by atoms with van der Waals surface area (Å²) in [7, 11) is 0. The number of aromatic nitrogens is 3. The van der Waals surface area contributed by atoms with Crippen LogP contribution in [0.3, 0.4) is 0 Å². The number of hydrogen-bond donors (Lipinski definition) is 2. The van der Waals surface area contributed by atoms with E-state index in [1.165, 1.54) is 16.7 Å². The number of hydrogen-bond acceptors (Lipinski definition) is 3. The minimum absolute atomic E-state index is 0. The third kappa shape index (κ3) is 5.69. The lowest BCUT2D eigenvalue weighted by atomic mass is 10.1. The highest BCUT2D eigenvalue weighted by Crippen LogP contribution is 2.12. The maximum absolute atomic E-state index is 4.75. The quantitative estimate of drug-likeness (QED) is 0.402. The predicted octanol–water partition coefficient (Wildman–Crippen LogP) is 2.63. The van der Waals surface area contributed by atoms with Gasteiger partial charge in [0.2, 0.25) is 0 Å². The summed E-state index contributed by atoms with van der Waals surface area (Å²) in [6.45, 7) is 8.87. The number of rotatable bonds is 5. The van der Waals surface area contributed by atoms with Crippen LogP contribution in [0.5, 0.6) is 0 Å². The van der Waals surface area contributed by atoms with Crippen LogP contribution in [0.2, 0.25) is 0 Å². The first-order chi connectivity index (χ1) is 12.1. The molecule has 0 amide bonds. The van der Waals surface area contributed by atoms with Crippen molar-refractivity contribution in [1.29, 1.82) is 0 Å². The molecule has 0 fully saturated rings. The smallest absolute Gasteiger partial charge is 0.191 e. The standard InChI is InChI=1S/C19H28N6.HI/c1-4-20-19(21-8-7-16-10-14(2)9-15(3)11-16)24-17-5-6-18-22-13-23-25(18)12-17;/h9-11,13,17H,4-8,12H2,1-3H3,(H2,20,21,24);1H. The molecule has 2 N–H and O–H groups in total. The van der Waals surface area contributed by atoms with Gasteiger partial charge in [-0.25, -0.2) is 9.67 Å². The van der Waals surface area contributed by atoms with E-state index in [1.54, 1.807) is 6.33 Å². The van der Waals surface area contributed by atoms with Crippen molar-refractivity contribution >= 4 is 29.9 Å². The lowest BCUT2D eigenvalue weighted by Crippen LogP contribution is -2.47. The van der Waals surface area contributed by atoms with Crippen LogP contribution in [0.25, 0.3) is 0 Å². The molecule has 7 heteroatoms. The molecule has 0 aliphatic carbocycles. The molecular formula is C19H29IN6. The Morgan fingerprint density at radius 2 is 2.04 bits per heavy atom.